The number of H-pyrrole nitrogens is 1. The molecule has 3 rings (SSSR count). The van der Waals surface area contributed by atoms with Crippen molar-refractivity contribution in [3.63, 3.8) is 0 Å². The Bertz CT molecular complexity index is 984. The van der Waals surface area contributed by atoms with Crippen molar-refractivity contribution < 1.29 is 0 Å². The fourth-order valence-corrected chi connectivity index (χ4v) is 3.40. The van der Waals surface area contributed by atoms with Gasteiger partial charge in [-0.2, -0.15) is 10.1 Å². The Hall–Kier alpha value is -2.63. The minimum Gasteiger partial charge on any atom is -0.355 e. The summed E-state index contributed by atoms with van der Waals surface area (Å²) in [5.74, 6) is 0.482. The highest BCUT2D eigenvalue weighted by atomic mass is 16.1. The van der Waals surface area contributed by atoms with Crippen LogP contribution in [0.4, 0.5) is 5.95 Å². The van der Waals surface area contributed by atoms with Crippen molar-refractivity contribution in [1.82, 2.24) is 19.7 Å². The molecule has 0 aliphatic rings. The minimum absolute atomic E-state index is 0.171. The van der Waals surface area contributed by atoms with Gasteiger partial charge in [0.25, 0.3) is 5.56 Å². The van der Waals surface area contributed by atoms with Gasteiger partial charge >= 0.3 is 0 Å². The predicted molar refractivity (Wildman–Crippen MR) is 106 cm³/mol. The second-order valence-corrected chi connectivity index (χ2v) is 7.93. The van der Waals surface area contributed by atoms with Crippen LogP contribution in [0.1, 0.15) is 43.0 Å². The summed E-state index contributed by atoms with van der Waals surface area (Å²) < 4.78 is 1.79. The van der Waals surface area contributed by atoms with Gasteiger partial charge in [0, 0.05) is 6.54 Å². The molecule has 0 unspecified atom stereocenters. The fourth-order valence-electron chi connectivity index (χ4n) is 3.40. The molecular formula is C20H27N5O. The topological polar surface area (TPSA) is 75.6 Å². The van der Waals surface area contributed by atoms with Crippen molar-refractivity contribution in [3.05, 3.63) is 50.9 Å². The van der Waals surface area contributed by atoms with Crippen LogP contribution in [0.25, 0.3) is 11.0 Å². The first-order valence-corrected chi connectivity index (χ1v) is 8.96. The zero-order chi connectivity index (χ0) is 19.1. The van der Waals surface area contributed by atoms with Gasteiger partial charge in [-0.25, -0.2) is 4.68 Å². The highest BCUT2D eigenvalue weighted by Gasteiger charge is 2.19. The summed E-state index contributed by atoms with van der Waals surface area (Å²) in [5, 5.41) is 8.10. The molecule has 0 saturated heterocycles. The van der Waals surface area contributed by atoms with E-state index in [0.29, 0.717) is 23.5 Å². The van der Waals surface area contributed by atoms with Gasteiger partial charge in [-0.15, -0.1) is 0 Å². The molecule has 0 saturated carbocycles. The standard InChI is InChI=1S/C20H27N5O/c1-12-9-13(2)15(14(3)10-12)7-8-21-19-23-17-16(18(26)24-19)11-22-25(17)20(4,5)6/h9-11H,7-8H2,1-6H3,(H2,21,23,24,26). The summed E-state index contributed by atoms with van der Waals surface area (Å²) in [6.07, 6.45) is 2.45. The number of aromatic nitrogens is 4. The Balaban J connectivity index is 1.83. The average molecular weight is 353 g/mol. The van der Waals surface area contributed by atoms with E-state index in [9.17, 15) is 4.79 Å². The monoisotopic (exact) mass is 353 g/mol. The minimum atomic E-state index is -0.240. The smallest absolute Gasteiger partial charge is 0.263 e. The van der Waals surface area contributed by atoms with Crippen LogP contribution < -0.4 is 10.9 Å². The number of fused-ring (bicyclic) bond motifs is 1. The first-order valence-electron chi connectivity index (χ1n) is 8.96. The van der Waals surface area contributed by atoms with E-state index in [1.54, 1.807) is 10.9 Å². The number of nitrogens with zero attached hydrogens (tertiary/aromatic N) is 3. The molecule has 0 bridgehead atoms. The lowest BCUT2D eigenvalue weighted by Crippen LogP contribution is -2.24. The number of rotatable bonds is 4. The Morgan fingerprint density at radius 3 is 2.42 bits per heavy atom. The number of aromatic amines is 1. The van der Waals surface area contributed by atoms with E-state index in [2.05, 4.69) is 53.3 Å². The fraction of sp³-hybridized carbons (Fsp3) is 0.450. The molecule has 6 nitrogen and oxygen atoms in total. The Labute approximate surface area is 153 Å². The molecule has 0 radical (unpaired) electrons. The number of benzene rings is 1. The Kier molecular flexibility index (Phi) is 4.61. The number of anilines is 1. The van der Waals surface area contributed by atoms with Crippen LogP contribution in [-0.2, 0) is 12.0 Å². The number of nitrogens with one attached hydrogen (secondary N) is 2. The van der Waals surface area contributed by atoms with Crippen LogP contribution in [0.2, 0.25) is 0 Å². The van der Waals surface area contributed by atoms with Gasteiger partial charge in [0.2, 0.25) is 5.95 Å². The number of aryl methyl sites for hydroxylation is 3. The van der Waals surface area contributed by atoms with E-state index in [1.165, 1.54) is 22.3 Å². The van der Waals surface area contributed by atoms with Crippen molar-refractivity contribution in [2.24, 2.45) is 0 Å². The average Bonchev–Trinajstić information content (AvgIpc) is 2.94. The Morgan fingerprint density at radius 2 is 1.81 bits per heavy atom. The Morgan fingerprint density at radius 1 is 1.15 bits per heavy atom. The lowest BCUT2D eigenvalue weighted by atomic mass is 9.97. The van der Waals surface area contributed by atoms with Crippen molar-refractivity contribution >= 4 is 17.0 Å². The summed E-state index contributed by atoms with van der Waals surface area (Å²) in [4.78, 5) is 19.7. The van der Waals surface area contributed by atoms with Gasteiger partial charge in [-0.05, 0) is 64.7 Å². The third-order valence-corrected chi connectivity index (χ3v) is 4.58. The molecular weight excluding hydrogens is 326 g/mol. The second kappa shape index (κ2) is 6.59. The van der Waals surface area contributed by atoms with E-state index in [0.717, 1.165) is 6.42 Å². The molecule has 0 amide bonds. The first kappa shape index (κ1) is 18.2. The van der Waals surface area contributed by atoms with Crippen molar-refractivity contribution in [2.75, 3.05) is 11.9 Å². The van der Waals surface area contributed by atoms with Crippen LogP contribution in [0.15, 0.2) is 23.1 Å². The van der Waals surface area contributed by atoms with Gasteiger partial charge in [0.05, 0.1) is 11.7 Å². The van der Waals surface area contributed by atoms with Gasteiger partial charge < -0.3 is 5.32 Å². The zero-order valence-electron chi connectivity index (χ0n) is 16.4. The summed E-state index contributed by atoms with van der Waals surface area (Å²) in [5.41, 5.74) is 5.41. The third kappa shape index (κ3) is 3.49. The molecule has 0 atom stereocenters. The van der Waals surface area contributed by atoms with E-state index < -0.39 is 0 Å². The van der Waals surface area contributed by atoms with Crippen molar-refractivity contribution in [2.45, 2.75) is 53.5 Å². The lowest BCUT2D eigenvalue weighted by molar-refractivity contribution is 0.366. The third-order valence-electron chi connectivity index (χ3n) is 4.58. The molecule has 2 heterocycles. The van der Waals surface area contributed by atoms with Crippen LogP contribution in [0, 0.1) is 20.8 Å². The van der Waals surface area contributed by atoms with Gasteiger partial charge in [0.1, 0.15) is 5.39 Å². The van der Waals surface area contributed by atoms with E-state index >= 15 is 0 Å². The second-order valence-electron chi connectivity index (χ2n) is 7.93. The molecule has 0 fully saturated rings. The summed E-state index contributed by atoms with van der Waals surface area (Å²) in [6.45, 7) is 13.2. The molecule has 2 N–H and O–H groups in total. The quantitative estimate of drug-likeness (QED) is 0.753. The molecule has 0 aliphatic heterocycles. The van der Waals surface area contributed by atoms with Crippen LogP contribution in [0.3, 0.4) is 0 Å². The molecule has 1 aromatic carbocycles. The summed E-state index contributed by atoms with van der Waals surface area (Å²) in [7, 11) is 0. The highest BCUT2D eigenvalue weighted by molar-refractivity contribution is 5.74. The largest absolute Gasteiger partial charge is 0.355 e. The maximum atomic E-state index is 12.3. The summed E-state index contributed by atoms with van der Waals surface area (Å²) in [6, 6.07) is 4.41. The zero-order valence-corrected chi connectivity index (χ0v) is 16.4. The predicted octanol–water partition coefficient (Wildman–Crippen LogP) is 3.45. The molecule has 138 valence electrons. The van der Waals surface area contributed by atoms with E-state index in [4.69, 9.17) is 0 Å². The molecule has 6 heteroatoms. The van der Waals surface area contributed by atoms with Gasteiger partial charge in [-0.1, -0.05) is 17.7 Å². The first-order chi connectivity index (χ1) is 12.2. The molecule has 26 heavy (non-hydrogen) atoms. The number of hydrogen-bond donors (Lipinski definition) is 2. The molecule has 0 spiro atoms. The van der Waals surface area contributed by atoms with Gasteiger partial charge in [-0.3, -0.25) is 9.78 Å². The number of hydrogen-bond acceptors (Lipinski definition) is 4. The SMILES string of the molecule is Cc1cc(C)c(CCNc2nc3c(cnn3C(C)(C)C)c(=O)[nH]2)c(C)c1. The maximum Gasteiger partial charge on any atom is 0.263 e. The highest BCUT2D eigenvalue weighted by Crippen LogP contribution is 2.19. The van der Waals surface area contributed by atoms with Gasteiger partial charge in [0.15, 0.2) is 5.65 Å². The van der Waals surface area contributed by atoms with Crippen LogP contribution in [-0.4, -0.2) is 26.3 Å². The van der Waals surface area contributed by atoms with Crippen LogP contribution in [0.5, 0.6) is 0 Å². The van der Waals surface area contributed by atoms with Crippen molar-refractivity contribution in [1.29, 1.82) is 0 Å². The molecule has 3 aromatic rings. The molecule has 0 aliphatic carbocycles. The lowest BCUT2D eigenvalue weighted by Gasteiger charge is -2.19. The van der Waals surface area contributed by atoms with E-state index in [-0.39, 0.29) is 11.1 Å². The summed E-state index contributed by atoms with van der Waals surface area (Å²) >= 11 is 0. The molecule has 2 aromatic heterocycles. The maximum absolute atomic E-state index is 12.3. The van der Waals surface area contributed by atoms with Crippen LogP contribution >= 0.6 is 0 Å². The van der Waals surface area contributed by atoms with E-state index in [1.807, 2.05) is 20.8 Å². The van der Waals surface area contributed by atoms with Crippen molar-refractivity contribution in [3.8, 4) is 0 Å². The normalized spacial score (nSPS) is 11.9.